The van der Waals surface area contributed by atoms with Crippen molar-refractivity contribution in [2.45, 2.75) is 71.4 Å². The van der Waals surface area contributed by atoms with Gasteiger partial charge >= 0.3 is 12.0 Å². The quantitative estimate of drug-likeness (QED) is 0.788. The topological polar surface area (TPSA) is 69.6 Å². The van der Waals surface area contributed by atoms with E-state index >= 15 is 0 Å². The first-order chi connectivity index (χ1) is 9.43. The fraction of sp³-hybridized carbons (Fsp3) is 0.867. The molecule has 0 radical (unpaired) electrons. The number of carbonyl (C=O) groups is 2. The third-order valence-electron chi connectivity index (χ3n) is 4.12. The molecule has 1 aliphatic rings. The van der Waals surface area contributed by atoms with Gasteiger partial charge in [0.05, 0.1) is 6.42 Å². The van der Waals surface area contributed by atoms with Gasteiger partial charge in [0.15, 0.2) is 0 Å². The van der Waals surface area contributed by atoms with Crippen LogP contribution in [0, 0.1) is 5.92 Å². The summed E-state index contributed by atoms with van der Waals surface area (Å²) in [6.45, 7) is 7.00. The number of carboxylic acid groups (broad SMARTS) is 1. The third kappa shape index (κ3) is 5.39. The van der Waals surface area contributed by atoms with E-state index in [-0.39, 0.29) is 24.5 Å². The molecule has 2 amide bonds. The summed E-state index contributed by atoms with van der Waals surface area (Å²) in [5.41, 5.74) is 0. The summed E-state index contributed by atoms with van der Waals surface area (Å²) in [6, 6.07) is -0.131. The zero-order valence-electron chi connectivity index (χ0n) is 12.9. The van der Waals surface area contributed by atoms with Gasteiger partial charge in [0.1, 0.15) is 0 Å². The smallest absolute Gasteiger partial charge is 0.317 e. The van der Waals surface area contributed by atoms with Crippen molar-refractivity contribution in [3.63, 3.8) is 0 Å². The third-order valence-corrected chi connectivity index (χ3v) is 4.12. The molecule has 116 valence electrons. The number of nitrogens with one attached hydrogen (secondary N) is 1. The van der Waals surface area contributed by atoms with E-state index in [1.54, 1.807) is 4.90 Å². The lowest BCUT2D eigenvalue weighted by molar-refractivity contribution is -0.138. The van der Waals surface area contributed by atoms with Crippen LogP contribution in [-0.4, -0.2) is 40.6 Å². The molecular weight excluding hydrogens is 256 g/mol. The van der Waals surface area contributed by atoms with Crippen LogP contribution in [0.15, 0.2) is 0 Å². The van der Waals surface area contributed by atoms with Crippen molar-refractivity contribution in [1.82, 2.24) is 10.2 Å². The first-order valence-corrected chi connectivity index (χ1v) is 7.73. The summed E-state index contributed by atoms with van der Waals surface area (Å²) >= 11 is 0. The number of hydrogen-bond donors (Lipinski definition) is 2. The average Bonchev–Trinajstić information content (AvgIpc) is 2.38. The number of urea groups is 1. The molecule has 0 aromatic rings. The van der Waals surface area contributed by atoms with Gasteiger partial charge in [-0.25, -0.2) is 4.79 Å². The zero-order valence-corrected chi connectivity index (χ0v) is 12.9. The van der Waals surface area contributed by atoms with Crippen LogP contribution >= 0.6 is 0 Å². The Bertz CT molecular complexity index is 333. The number of piperidine rings is 1. The molecular formula is C15H28N2O3. The van der Waals surface area contributed by atoms with Crippen LogP contribution in [-0.2, 0) is 4.79 Å². The first-order valence-electron chi connectivity index (χ1n) is 7.73. The average molecular weight is 284 g/mol. The molecule has 0 saturated carbocycles. The molecule has 2 N–H and O–H groups in total. The van der Waals surface area contributed by atoms with Gasteiger partial charge in [0.2, 0.25) is 0 Å². The summed E-state index contributed by atoms with van der Waals surface area (Å²) in [5, 5.41) is 12.0. The Labute approximate surface area is 121 Å². The van der Waals surface area contributed by atoms with Gasteiger partial charge in [-0.2, -0.15) is 0 Å². The molecule has 0 bridgehead atoms. The highest BCUT2D eigenvalue weighted by Crippen LogP contribution is 2.20. The van der Waals surface area contributed by atoms with Crippen LogP contribution in [0.3, 0.4) is 0 Å². The second-order valence-corrected chi connectivity index (χ2v) is 6.04. The number of likely N-dealkylation sites (tertiary alicyclic amines) is 1. The van der Waals surface area contributed by atoms with Crippen LogP contribution in [0.25, 0.3) is 0 Å². The lowest BCUT2D eigenvalue weighted by Crippen LogP contribution is -2.51. The van der Waals surface area contributed by atoms with Gasteiger partial charge < -0.3 is 15.3 Å². The molecule has 1 fully saturated rings. The Morgan fingerprint density at radius 2 is 2.05 bits per heavy atom. The molecule has 0 aromatic carbocycles. The number of amides is 2. The number of nitrogens with zero attached hydrogens (tertiary/aromatic N) is 1. The largest absolute Gasteiger partial charge is 0.481 e. The Hall–Kier alpha value is -1.26. The summed E-state index contributed by atoms with van der Waals surface area (Å²) in [7, 11) is 0. The normalized spacial score (nSPS) is 22.1. The molecule has 3 unspecified atom stereocenters. The molecule has 5 heteroatoms. The van der Waals surface area contributed by atoms with E-state index in [0.29, 0.717) is 12.5 Å². The lowest BCUT2D eigenvalue weighted by Gasteiger charge is -2.36. The first kappa shape index (κ1) is 16.8. The monoisotopic (exact) mass is 284 g/mol. The van der Waals surface area contributed by atoms with Crippen molar-refractivity contribution < 1.29 is 14.7 Å². The molecule has 3 atom stereocenters. The van der Waals surface area contributed by atoms with Crippen molar-refractivity contribution in [3.8, 4) is 0 Å². The molecule has 0 aromatic heterocycles. The van der Waals surface area contributed by atoms with Crippen molar-refractivity contribution in [3.05, 3.63) is 0 Å². The van der Waals surface area contributed by atoms with E-state index < -0.39 is 5.97 Å². The molecule has 1 heterocycles. The Balaban J connectivity index is 2.52. The number of rotatable bonds is 6. The van der Waals surface area contributed by atoms with Gasteiger partial charge in [0, 0.05) is 18.6 Å². The van der Waals surface area contributed by atoms with E-state index in [1.807, 2.05) is 6.92 Å². The second kappa shape index (κ2) is 8.12. The molecule has 1 rings (SSSR count). The number of aliphatic carboxylic acids is 1. The van der Waals surface area contributed by atoms with Gasteiger partial charge in [-0.15, -0.1) is 0 Å². The Morgan fingerprint density at radius 3 is 2.65 bits per heavy atom. The van der Waals surface area contributed by atoms with E-state index in [1.165, 1.54) is 0 Å². The highest BCUT2D eigenvalue weighted by atomic mass is 16.4. The summed E-state index contributed by atoms with van der Waals surface area (Å²) in [6.07, 6.45) is 4.87. The van der Waals surface area contributed by atoms with Crippen LogP contribution < -0.4 is 5.32 Å². The predicted octanol–water partition coefficient (Wildman–Crippen LogP) is 2.85. The molecule has 0 aliphatic carbocycles. The summed E-state index contributed by atoms with van der Waals surface area (Å²) in [5.74, 6) is -0.246. The van der Waals surface area contributed by atoms with Crippen LogP contribution in [0.1, 0.15) is 59.3 Å². The van der Waals surface area contributed by atoms with Crippen LogP contribution in [0.4, 0.5) is 4.79 Å². The zero-order chi connectivity index (χ0) is 15.1. The van der Waals surface area contributed by atoms with E-state index in [2.05, 4.69) is 19.2 Å². The standard InChI is InChI=1S/C15H28N2O3/c1-4-11(2)9-12(3)16-15(20)17-8-6-5-7-13(17)10-14(18)19/h11-13H,4-10H2,1-3H3,(H,16,20)(H,18,19). The SMILES string of the molecule is CCC(C)CC(C)NC(=O)N1CCCCC1CC(=O)O. The maximum atomic E-state index is 12.3. The van der Waals surface area contributed by atoms with Gasteiger partial charge in [-0.05, 0) is 38.5 Å². The highest BCUT2D eigenvalue weighted by Gasteiger charge is 2.29. The maximum Gasteiger partial charge on any atom is 0.317 e. The van der Waals surface area contributed by atoms with Gasteiger partial charge in [0.25, 0.3) is 0 Å². The molecule has 1 aliphatic heterocycles. The molecule has 5 nitrogen and oxygen atoms in total. The minimum absolute atomic E-state index is 0.0488. The van der Waals surface area contributed by atoms with Crippen molar-refractivity contribution >= 4 is 12.0 Å². The minimum Gasteiger partial charge on any atom is -0.481 e. The lowest BCUT2D eigenvalue weighted by atomic mass is 9.99. The maximum absolute atomic E-state index is 12.3. The minimum atomic E-state index is -0.831. The second-order valence-electron chi connectivity index (χ2n) is 6.04. The fourth-order valence-electron chi connectivity index (χ4n) is 2.80. The van der Waals surface area contributed by atoms with Crippen molar-refractivity contribution in [2.24, 2.45) is 5.92 Å². The van der Waals surface area contributed by atoms with E-state index in [9.17, 15) is 9.59 Å². The summed E-state index contributed by atoms with van der Waals surface area (Å²) in [4.78, 5) is 24.9. The van der Waals surface area contributed by atoms with Crippen molar-refractivity contribution in [2.75, 3.05) is 6.54 Å². The van der Waals surface area contributed by atoms with E-state index in [4.69, 9.17) is 5.11 Å². The Kier molecular flexibility index (Phi) is 6.82. The Morgan fingerprint density at radius 1 is 1.35 bits per heavy atom. The summed E-state index contributed by atoms with van der Waals surface area (Å²) < 4.78 is 0. The fourth-order valence-corrected chi connectivity index (χ4v) is 2.80. The van der Waals surface area contributed by atoms with Crippen LogP contribution in [0.2, 0.25) is 0 Å². The number of carbonyl (C=O) groups excluding carboxylic acids is 1. The molecule has 1 saturated heterocycles. The molecule has 20 heavy (non-hydrogen) atoms. The van der Waals surface area contributed by atoms with E-state index in [0.717, 1.165) is 32.1 Å². The predicted molar refractivity (Wildman–Crippen MR) is 78.7 cm³/mol. The van der Waals surface area contributed by atoms with Gasteiger partial charge in [-0.1, -0.05) is 20.3 Å². The molecule has 0 spiro atoms. The number of hydrogen-bond acceptors (Lipinski definition) is 2. The van der Waals surface area contributed by atoms with Crippen LogP contribution in [0.5, 0.6) is 0 Å². The number of carboxylic acids is 1. The van der Waals surface area contributed by atoms with Crippen molar-refractivity contribution in [1.29, 1.82) is 0 Å². The van der Waals surface area contributed by atoms with Gasteiger partial charge in [-0.3, -0.25) is 4.79 Å². The highest BCUT2D eigenvalue weighted by molar-refractivity contribution is 5.76.